The van der Waals surface area contributed by atoms with Crippen LogP contribution in [0.25, 0.3) is 11.6 Å². The molecule has 4 atom stereocenters. The standard InChI is InChI=1S/C40H39BBrN3O5/c1-24(2)31-22-32-38(40(48)45(39(32)47)30-15-13-29(14-16-30)44-28-8-4-3-5-9-28)33-23-41(49)50-36(37(31)33)18-11-25(34-10-6-7-19-43-34)20-26-21-27(42)12-17-35(26)46/h3-10,12-17,19-21,24,32-33,36,38,44,46,49H,11,18,22-23H2,1-2H3/b25-20-/t32-,33+,36-,38-/m1/s1. The van der Waals surface area contributed by atoms with Crippen LogP contribution in [0.3, 0.4) is 0 Å². The molecule has 3 aliphatic rings. The fraction of sp³-hybridized carbons (Fsp3) is 0.275. The summed E-state index contributed by atoms with van der Waals surface area (Å²) in [5.41, 5.74) is 6.86. The van der Waals surface area contributed by atoms with Crippen molar-refractivity contribution in [2.45, 2.75) is 45.5 Å². The number of para-hydroxylation sites is 1. The van der Waals surface area contributed by atoms with Crippen molar-refractivity contribution in [1.29, 1.82) is 0 Å². The zero-order valence-electron chi connectivity index (χ0n) is 28.0. The maximum Gasteiger partial charge on any atom is 0.455 e. The molecule has 2 amide bonds. The molecule has 0 unspecified atom stereocenters. The van der Waals surface area contributed by atoms with Crippen molar-refractivity contribution in [2.75, 3.05) is 10.2 Å². The van der Waals surface area contributed by atoms with Gasteiger partial charge in [0.2, 0.25) is 11.8 Å². The van der Waals surface area contributed by atoms with Crippen LogP contribution in [-0.4, -0.2) is 40.2 Å². The van der Waals surface area contributed by atoms with E-state index in [1.165, 1.54) is 4.90 Å². The SMILES string of the molecule is CC(C)C1=C2[C@@H](CC/C(=C/c3cc(Br)ccc3O)c3ccccn3)OB(O)C[C@@H]2[C@@H]2C(=O)N(c3ccc(Nc4ccccc4)cc3)C(=O)[C@@H]2C1. The number of nitrogens with zero attached hydrogens (tertiary/aromatic N) is 2. The zero-order valence-corrected chi connectivity index (χ0v) is 29.6. The highest BCUT2D eigenvalue weighted by molar-refractivity contribution is 9.10. The summed E-state index contributed by atoms with van der Waals surface area (Å²) in [5, 5.41) is 25.1. The van der Waals surface area contributed by atoms with E-state index in [0.717, 1.165) is 38.3 Å². The van der Waals surface area contributed by atoms with E-state index in [1.807, 2.05) is 84.9 Å². The Morgan fingerprint density at radius 2 is 1.74 bits per heavy atom. The van der Waals surface area contributed by atoms with Crippen LogP contribution < -0.4 is 10.2 Å². The Labute approximate surface area is 301 Å². The van der Waals surface area contributed by atoms with Crippen molar-refractivity contribution in [2.24, 2.45) is 23.7 Å². The van der Waals surface area contributed by atoms with Crippen LogP contribution in [0.2, 0.25) is 6.32 Å². The van der Waals surface area contributed by atoms with E-state index in [9.17, 15) is 19.7 Å². The smallest absolute Gasteiger partial charge is 0.455 e. The minimum absolute atomic E-state index is 0.125. The van der Waals surface area contributed by atoms with Crippen LogP contribution in [0.5, 0.6) is 5.75 Å². The lowest BCUT2D eigenvalue weighted by molar-refractivity contribution is -0.122. The van der Waals surface area contributed by atoms with E-state index in [0.29, 0.717) is 30.5 Å². The molecule has 2 fully saturated rings. The highest BCUT2D eigenvalue weighted by Crippen LogP contribution is 2.52. The van der Waals surface area contributed by atoms with Crippen LogP contribution in [0.1, 0.15) is 44.4 Å². The molecule has 2 saturated heterocycles. The predicted octanol–water partition coefficient (Wildman–Crippen LogP) is 8.27. The molecule has 3 N–H and O–H groups in total. The predicted molar refractivity (Wildman–Crippen MR) is 200 cm³/mol. The molecule has 0 spiro atoms. The van der Waals surface area contributed by atoms with E-state index in [-0.39, 0.29) is 35.7 Å². The molecule has 1 aromatic heterocycles. The number of hydrogen-bond acceptors (Lipinski definition) is 7. The zero-order chi connectivity index (χ0) is 34.9. The summed E-state index contributed by atoms with van der Waals surface area (Å²) >= 11 is 3.51. The summed E-state index contributed by atoms with van der Waals surface area (Å²) < 4.78 is 7.12. The van der Waals surface area contributed by atoms with Gasteiger partial charge in [0.1, 0.15) is 5.75 Å². The highest BCUT2D eigenvalue weighted by Gasteiger charge is 2.57. The minimum Gasteiger partial charge on any atom is -0.507 e. The number of fused-ring (bicyclic) bond motifs is 3. The Morgan fingerprint density at radius 3 is 2.46 bits per heavy atom. The van der Waals surface area contributed by atoms with Crippen molar-refractivity contribution in [3.63, 3.8) is 0 Å². The lowest BCUT2D eigenvalue weighted by atomic mass is 9.57. The second-order valence-electron chi connectivity index (χ2n) is 13.6. The molecule has 1 aliphatic carbocycles. The summed E-state index contributed by atoms with van der Waals surface area (Å²) in [4.78, 5) is 34.3. The molecule has 10 heteroatoms. The molecule has 3 heterocycles. The van der Waals surface area contributed by atoms with E-state index in [4.69, 9.17) is 4.65 Å². The third kappa shape index (κ3) is 6.80. The highest BCUT2D eigenvalue weighted by atomic mass is 79.9. The van der Waals surface area contributed by atoms with Crippen LogP contribution >= 0.6 is 15.9 Å². The molecule has 0 bridgehead atoms. The minimum atomic E-state index is -1.07. The van der Waals surface area contributed by atoms with Crippen LogP contribution in [0.15, 0.2) is 113 Å². The second-order valence-corrected chi connectivity index (χ2v) is 14.5. The molecule has 0 radical (unpaired) electrons. The van der Waals surface area contributed by atoms with Crippen molar-refractivity contribution >= 4 is 63.6 Å². The number of hydrogen-bond donors (Lipinski definition) is 3. The lowest BCUT2D eigenvalue weighted by Gasteiger charge is -2.44. The number of benzene rings is 3. The summed E-state index contributed by atoms with van der Waals surface area (Å²) in [6, 6.07) is 28.2. The third-order valence-electron chi connectivity index (χ3n) is 10.1. The Kier molecular flexibility index (Phi) is 9.77. The molecular formula is C40H39BBrN3O5. The van der Waals surface area contributed by atoms with Gasteiger partial charge in [0.15, 0.2) is 0 Å². The van der Waals surface area contributed by atoms with Gasteiger partial charge in [0.25, 0.3) is 0 Å². The first-order valence-electron chi connectivity index (χ1n) is 17.1. The third-order valence-corrected chi connectivity index (χ3v) is 10.6. The van der Waals surface area contributed by atoms with Gasteiger partial charge >= 0.3 is 7.12 Å². The van der Waals surface area contributed by atoms with Crippen LogP contribution in [-0.2, 0) is 14.2 Å². The molecule has 50 heavy (non-hydrogen) atoms. The van der Waals surface area contributed by atoms with Crippen molar-refractivity contribution in [3.05, 3.63) is 124 Å². The molecule has 254 valence electrons. The van der Waals surface area contributed by atoms with Crippen molar-refractivity contribution in [1.82, 2.24) is 4.98 Å². The van der Waals surface area contributed by atoms with Gasteiger partial charge in [-0.25, -0.2) is 0 Å². The monoisotopic (exact) mass is 731 g/mol. The number of allylic oxidation sites excluding steroid dienone is 2. The fourth-order valence-corrected chi connectivity index (χ4v) is 8.21. The Hall–Kier alpha value is -4.51. The number of amides is 2. The van der Waals surface area contributed by atoms with E-state index in [2.05, 4.69) is 40.1 Å². The van der Waals surface area contributed by atoms with Gasteiger partial charge in [0.05, 0.1) is 29.3 Å². The topological polar surface area (TPSA) is 112 Å². The number of nitrogens with one attached hydrogen (secondary N) is 1. The molecule has 0 saturated carbocycles. The van der Waals surface area contributed by atoms with Gasteiger partial charge in [0, 0.05) is 27.6 Å². The average Bonchev–Trinajstić information content (AvgIpc) is 3.37. The normalized spacial score (nSPS) is 22.2. The molecule has 3 aromatic carbocycles. The number of carbonyl (C=O) groups is 2. The number of carbonyl (C=O) groups excluding carboxylic acids is 2. The number of aromatic nitrogens is 1. The van der Waals surface area contributed by atoms with E-state index in [1.54, 1.807) is 18.3 Å². The Bertz CT molecular complexity index is 1950. The summed E-state index contributed by atoms with van der Waals surface area (Å²) in [5.74, 6) is -1.52. The van der Waals surface area contributed by atoms with Crippen molar-refractivity contribution < 1.29 is 24.4 Å². The maximum atomic E-state index is 14.3. The first kappa shape index (κ1) is 34.0. The molecule has 4 aromatic rings. The number of aromatic hydroxyl groups is 1. The lowest BCUT2D eigenvalue weighted by Crippen LogP contribution is -2.46. The summed E-state index contributed by atoms with van der Waals surface area (Å²) in [6.45, 7) is 4.24. The number of phenolic OH excluding ortho intramolecular Hbond substituents is 1. The molecule has 7 rings (SSSR count). The average molecular weight is 732 g/mol. The van der Waals surface area contributed by atoms with E-state index < -0.39 is 25.1 Å². The summed E-state index contributed by atoms with van der Waals surface area (Å²) in [7, 11) is -1.07. The first-order valence-corrected chi connectivity index (χ1v) is 17.9. The number of anilines is 3. The largest absolute Gasteiger partial charge is 0.507 e. The van der Waals surface area contributed by atoms with Gasteiger partial charge in [-0.1, -0.05) is 59.6 Å². The quantitative estimate of drug-likeness (QED) is 0.0903. The Balaban J connectivity index is 1.17. The van der Waals surface area contributed by atoms with Crippen molar-refractivity contribution in [3.8, 4) is 5.75 Å². The first-order chi connectivity index (χ1) is 24.2. The molecular weight excluding hydrogens is 693 g/mol. The summed E-state index contributed by atoms with van der Waals surface area (Å²) in [6.07, 6.45) is 5.02. The van der Waals surface area contributed by atoms with Gasteiger partial charge in [-0.05, 0) is 121 Å². The van der Waals surface area contributed by atoms with E-state index >= 15 is 0 Å². The molecule has 8 nitrogen and oxygen atoms in total. The number of phenols is 1. The fourth-order valence-electron chi connectivity index (χ4n) is 7.83. The number of halogens is 1. The van der Waals surface area contributed by atoms with Gasteiger partial charge < -0.3 is 20.1 Å². The number of rotatable bonds is 9. The maximum absolute atomic E-state index is 14.3. The number of imide groups is 1. The number of pyridine rings is 1. The second kappa shape index (κ2) is 14.4. The Morgan fingerprint density at radius 1 is 1.00 bits per heavy atom. The van der Waals surface area contributed by atoms with Gasteiger partial charge in [-0.3, -0.25) is 19.5 Å². The van der Waals surface area contributed by atoms with Crippen LogP contribution in [0, 0.1) is 23.7 Å². The van der Waals surface area contributed by atoms with Gasteiger partial charge in [-0.2, -0.15) is 0 Å². The van der Waals surface area contributed by atoms with Gasteiger partial charge in [-0.15, -0.1) is 0 Å². The van der Waals surface area contributed by atoms with Crippen LogP contribution in [0.4, 0.5) is 17.1 Å². The molecule has 2 aliphatic heterocycles.